The number of aliphatic hydroxyl groups is 1. The van der Waals surface area contributed by atoms with E-state index in [1.54, 1.807) is 21.6 Å². The Labute approximate surface area is 226 Å². The summed E-state index contributed by atoms with van der Waals surface area (Å²) in [4.78, 5) is 36.0. The number of nitrogens with one attached hydrogen (secondary N) is 1. The van der Waals surface area contributed by atoms with Crippen LogP contribution in [0.4, 0.5) is 5.69 Å². The van der Waals surface area contributed by atoms with Gasteiger partial charge in [-0.05, 0) is 51.0 Å². The van der Waals surface area contributed by atoms with Gasteiger partial charge in [-0.2, -0.15) is 0 Å². The first kappa shape index (κ1) is 25.2. The quantitative estimate of drug-likeness (QED) is 0.513. The number of β-amino-alcohol motifs (C(OH)–C–C–N with tert-alkyl or cyclic N) is 1. The van der Waals surface area contributed by atoms with Gasteiger partial charge in [-0.3, -0.25) is 14.0 Å². The van der Waals surface area contributed by atoms with Gasteiger partial charge in [-0.15, -0.1) is 0 Å². The summed E-state index contributed by atoms with van der Waals surface area (Å²) in [5.41, 5.74) is -0.0666. The fourth-order valence-corrected chi connectivity index (χ4v) is 7.76. The van der Waals surface area contributed by atoms with Gasteiger partial charge in [0.25, 0.3) is 5.91 Å². The lowest BCUT2D eigenvalue weighted by atomic mass is 9.97. The molecule has 5 heterocycles. The maximum atomic E-state index is 13.7. The highest BCUT2D eigenvalue weighted by molar-refractivity contribution is 7.89. The summed E-state index contributed by atoms with van der Waals surface area (Å²) < 4.78 is 36.9. The van der Waals surface area contributed by atoms with Crippen LogP contribution >= 0.6 is 0 Å². The minimum Gasteiger partial charge on any atom is -0.388 e. The van der Waals surface area contributed by atoms with Crippen LogP contribution in [0.2, 0.25) is 0 Å². The average Bonchev–Trinajstić information content (AvgIpc) is 3.81. The zero-order valence-electron chi connectivity index (χ0n) is 22.0. The fourth-order valence-electron chi connectivity index (χ4n) is 6.28. The number of pyridine rings is 1. The lowest BCUT2D eigenvalue weighted by Crippen LogP contribution is -2.60. The molecule has 0 spiro atoms. The molecule has 2 aromatic rings. The number of carbonyl (C=O) groups is 2. The Morgan fingerprint density at radius 3 is 2.74 bits per heavy atom. The van der Waals surface area contributed by atoms with Gasteiger partial charge in [-0.1, -0.05) is 0 Å². The van der Waals surface area contributed by atoms with Gasteiger partial charge < -0.3 is 24.5 Å². The first-order chi connectivity index (χ1) is 18.6. The van der Waals surface area contributed by atoms with E-state index in [4.69, 9.17) is 4.74 Å². The van der Waals surface area contributed by atoms with Crippen LogP contribution in [0.1, 0.15) is 49.6 Å². The third kappa shape index (κ3) is 4.39. The minimum atomic E-state index is -3.88. The number of rotatable bonds is 6. The third-order valence-electron chi connectivity index (χ3n) is 9.06. The van der Waals surface area contributed by atoms with E-state index in [-0.39, 0.29) is 47.6 Å². The van der Waals surface area contributed by atoms with Gasteiger partial charge in [0.2, 0.25) is 21.8 Å². The molecule has 3 aliphatic heterocycles. The summed E-state index contributed by atoms with van der Waals surface area (Å²) in [5, 5.41) is 11.0. The van der Waals surface area contributed by atoms with Crippen LogP contribution in [0, 0.1) is 5.92 Å². The number of carbonyl (C=O) groups excluding carboxylic acids is 2. The summed E-state index contributed by atoms with van der Waals surface area (Å²) in [6, 6.07) is 1.50. The van der Waals surface area contributed by atoms with Crippen LogP contribution in [0.5, 0.6) is 0 Å². The highest BCUT2D eigenvalue weighted by Gasteiger charge is 2.49. The summed E-state index contributed by atoms with van der Waals surface area (Å²) in [6.45, 7) is 4.56. The van der Waals surface area contributed by atoms with Crippen molar-refractivity contribution in [1.29, 1.82) is 0 Å². The standard InChI is InChI=1S/C26H34N6O6S/c1-25(4-5-25)28-39(36,37)19-10-20(29-8-9-31-18(12-29)14-38-15-22(31)33)21-11-27-23(32(21)13-19)24(34)30-7-6-26(35,16-30)17-2-3-17/h10-11,13,17-18,28,35H,2-9,12,14-16H2,1H3/t18-,26?/m1/s1. The number of amides is 2. The highest BCUT2D eigenvalue weighted by Crippen LogP contribution is 2.44. The fraction of sp³-hybridized carbons (Fsp3) is 0.654. The Morgan fingerprint density at radius 2 is 2.00 bits per heavy atom. The first-order valence-electron chi connectivity index (χ1n) is 13.7. The third-order valence-corrected chi connectivity index (χ3v) is 10.7. The number of sulfonamides is 1. The second-order valence-electron chi connectivity index (χ2n) is 12.1. The molecule has 2 N–H and O–H groups in total. The number of hydrogen-bond acceptors (Lipinski definition) is 8. The average molecular weight is 559 g/mol. The summed E-state index contributed by atoms with van der Waals surface area (Å²) in [7, 11) is -3.88. The Kier molecular flexibility index (Phi) is 5.58. The van der Waals surface area contributed by atoms with Gasteiger partial charge in [0.1, 0.15) is 11.5 Å². The van der Waals surface area contributed by atoms with Crippen molar-refractivity contribution in [3.05, 3.63) is 24.3 Å². The number of imidazole rings is 1. The molecule has 2 atom stereocenters. The van der Waals surface area contributed by atoms with Crippen molar-refractivity contribution in [3.8, 4) is 0 Å². The zero-order valence-corrected chi connectivity index (χ0v) is 22.8. The molecule has 39 heavy (non-hydrogen) atoms. The smallest absolute Gasteiger partial charge is 0.290 e. The van der Waals surface area contributed by atoms with Crippen molar-refractivity contribution in [2.45, 2.75) is 61.1 Å². The van der Waals surface area contributed by atoms with Crippen LogP contribution in [0.3, 0.4) is 0 Å². The lowest BCUT2D eigenvalue weighted by Gasteiger charge is -2.44. The number of likely N-dealkylation sites (tertiary alicyclic amines) is 1. The van der Waals surface area contributed by atoms with Gasteiger partial charge in [0.15, 0.2) is 0 Å². The molecule has 2 aromatic heterocycles. The van der Waals surface area contributed by atoms with E-state index in [1.165, 1.54) is 6.20 Å². The lowest BCUT2D eigenvalue weighted by molar-refractivity contribution is -0.148. The number of hydrogen-bond donors (Lipinski definition) is 2. The van der Waals surface area contributed by atoms with Crippen molar-refractivity contribution in [3.63, 3.8) is 0 Å². The minimum absolute atomic E-state index is 0.0386. The number of piperazine rings is 1. The largest absolute Gasteiger partial charge is 0.388 e. The molecule has 7 rings (SSSR count). The Bertz CT molecular complexity index is 1470. The summed E-state index contributed by atoms with van der Waals surface area (Å²) >= 11 is 0. The number of fused-ring (bicyclic) bond motifs is 2. The van der Waals surface area contributed by atoms with E-state index in [9.17, 15) is 23.1 Å². The number of nitrogens with zero attached hydrogens (tertiary/aromatic N) is 5. The van der Waals surface area contributed by atoms with Crippen molar-refractivity contribution >= 4 is 33.0 Å². The van der Waals surface area contributed by atoms with Gasteiger partial charge in [0.05, 0.1) is 42.2 Å². The molecule has 13 heteroatoms. The number of ether oxygens (including phenoxy) is 1. The zero-order chi connectivity index (χ0) is 27.2. The van der Waals surface area contributed by atoms with E-state index in [0.29, 0.717) is 50.4 Å². The Balaban J connectivity index is 1.27. The predicted octanol–water partition coefficient (Wildman–Crippen LogP) is 0.200. The molecule has 0 bridgehead atoms. The van der Waals surface area contributed by atoms with Crippen molar-refractivity contribution in [2.75, 3.05) is 50.8 Å². The van der Waals surface area contributed by atoms with Gasteiger partial charge in [-0.25, -0.2) is 18.1 Å². The molecule has 12 nitrogen and oxygen atoms in total. The predicted molar refractivity (Wildman–Crippen MR) is 140 cm³/mol. The molecule has 0 aromatic carbocycles. The molecule has 2 aliphatic carbocycles. The van der Waals surface area contributed by atoms with Crippen LogP contribution < -0.4 is 9.62 Å². The van der Waals surface area contributed by atoms with Crippen molar-refractivity contribution < 1.29 is 27.9 Å². The van der Waals surface area contributed by atoms with E-state index < -0.39 is 21.2 Å². The molecule has 2 saturated carbocycles. The SMILES string of the molecule is CC1(NS(=O)(=O)c2cc(N3CCN4C(=O)COC[C@H]4C3)c3cnc(C(=O)N4CCC(O)(C5CC5)C4)n3c2)CC1. The Morgan fingerprint density at radius 1 is 1.21 bits per heavy atom. The molecule has 5 aliphatic rings. The molecule has 0 radical (unpaired) electrons. The topological polar surface area (TPSA) is 137 Å². The maximum absolute atomic E-state index is 13.7. The molecule has 2 amide bonds. The number of morpholine rings is 1. The molecule has 1 unspecified atom stereocenters. The first-order valence-corrected chi connectivity index (χ1v) is 15.2. The molecular formula is C26H34N6O6S. The second kappa shape index (κ2) is 8.63. The Hall–Kier alpha value is -2.74. The monoisotopic (exact) mass is 558 g/mol. The molecular weight excluding hydrogens is 524 g/mol. The van der Waals surface area contributed by atoms with E-state index in [1.807, 2.05) is 16.7 Å². The molecule has 5 fully saturated rings. The van der Waals surface area contributed by atoms with E-state index >= 15 is 0 Å². The maximum Gasteiger partial charge on any atom is 0.290 e. The summed E-state index contributed by atoms with van der Waals surface area (Å²) in [6.07, 6.45) is 7.11. The number of aromatic nitrogens is 2. The van der Waals surface area contributed by atoms with E-state index in [2.05, 4.69) is 9.71 Å². The molecule has 210 valence electrons. The number of anilines is 1. The van der Waals surface area contributed by atoms with Crippen LogP contribution in [0.15, 0.2) is 23.4 Å². The van der Waals surface area contributed by atoms with Crippen LogP contribution in [0.25, 0.3) is 5.52 Å². The van der Waals surface area contributed by atoms with Gasteiger partial charge >= 0.3 is 0 Å². The summed E-state index contributed by atoms with van der Waals surface area (Å²) in [5.74, 6) is -0.0100. The van der Waals surface area contributed by atoms with Gasteiger partial charge in [0, 0.05) is 37.9 Å². The normalized spacial score (nSPS) is 28.7. The van der Waals surface area contributed by atoms with Crippen LogP contribution in [-0.4, -0.2) is 108 Å². The van der Waals surface area contributed by atoms with Crippen molar-refractivity contribution in [1.82, 2.24) is 23.9 Å². The van der Waals surface area contributed by atoms with E-state index in [0.717, 1.165) is 25.7 Å². The van der Waals surface area contributed by atoms with Crippen molar-refractivity contribution in [2.24, 2.45) is 5.92 Å². The van der Waals surface area contributed by atoms with Crippen LogP contribution in [-0.2, 0) is 19.6 Å². The molecule has 3 saturated heterocycles. The second-order valence-corrected chi connectivity index (χ2v) is 13.8. The highest BCUT2D eigenvalue weighted by atomic mass is 32.2.